The van der Waals surface area contributed by atoms with Crippen LogP contribution in [0, 0.1) is 0 Å². The van der Waals surface area contributed by atoms with Gasteiger partial charge in [0.1, 0.15) is 5.54 Å². The third-order valence-electron chi connectivity index (χ3n) is 8.95. The minimum atomic E-state index is -0.729. The number of imide groups is 1. The Hall–Kier alpha value is -2.70. The van der Waals surface area contributed by atoms with Gasteiger partial charge in [0.05, 0.1) is 6.61 Å². The Labute approximate surface area is 207 Å². The number of carbonyl (C=O) groups excluding carboxylic acids is 2. The zero-order chi connectivity index (χ0) is 24.0. The number of aryl methyl sites for hydroxylation is 1. The summed E-state index contributed by atoms with van der Waals surface area (Å²) in [7, 11) is 1.66. The van der Waals surface area contributed by atoms with E-state index in [1.165, 1.54) is 22.3 Å². The number of likely N-dealkylation sites (tertiary alicyclic amines) is 1. The molecule has 2 aromatic carbocycles. The maximum atomic E-state index is 14.1. The quantitative estimate of drug-likeness (QED) is 0.625. The average molecular weight is 474 g/mol. The fraction of sp³-hybridized carbons (Fsp3) is 0.517. The summed E-state index contributed by atoms with van der Waals surface area (Å²) in [6.07, 6.45) is 6.29. The van der Waals surface area contributed by atoms with Crippen molar-refractivity contribution in [2.75, 3.05) is 33.4 Å². The fourth-order valence-electron chi connectivity index (χ4n) is 7.01. The van der Waals surface area contributed by atoms with Crippen molar-refractivity contribution in [1.82, 2.24) is 14.7 Å². The molecular formula is C29H35N3O3. The Morgan fingerprint density at radius 1 is 0.857 bits per heavy atom. The molecular weight excluding hydrogens is 438 g/mol. The zero-order valence-electron chi connectivity index (χ0n) is 20.6. The third kappa shape index (κ3) is 3.78. The number of nitrogens with zero attached hydrogens (tertiary/aromatic N) is 3. The molecule has 35 heavy (non-hydrogen) atoms. The molecule has 4 aliphatic rings. The molecule has 2 saturated heterocycles. The predicted molar refractivity (Wildman–Crippen MR) is 134 cm³/mol. The van der Waals surface area contributed by atoms with Gasteiger partial charge in [0.2, 0.25) is 0 Å². The van der Waals surface area contributed by atoms with Crippen LogP contribution in [0.25, 0.3) is 0 Å². The number of ether oxygens (including phenoxy) is 1. The Morgan fingerprint density at radius 2 is 1.43 bits per heavy atom. The monoisotopic (exact) mass is 473 g/mol. The largest absolute Gasteiger partial charge is 0.383 e. The van der Waals surface area contributed by atoms with Gasteiger partial charge in [-0.05, 0) is 67.2 Å². The van der Waals surface area contributed by atoms with Crippen LogP contribution in [0.4, 0.5) is 4.79 Å². The number of fused-ring (bicyclic) bond motifs is 2. The lowest BCUT2D eigenvalue weighted by atomic mass is 9.82. The predicted octanol–water partition coefficient (Wildman–Crippen LogP) is 3.46. The second-order valence-electron chi connectivity index (χ2n) is 10.7. The van der Waals surface area contributed by atoms with E-state index in [-0.39, 0.29) is 18.0 Å². The summed E-state index contributed by atoms with van der Waals surface area (Å²) in [6, 6.07) is 17.4. The van der Waals surface area contributed by atoms with Gasteiger partial charge in [-0.1, -0.05) is 48.5 Å². The SMILES string of the molecule is COCCN1C(=O)N(C2Cc3ccccc3C2)C(=O)C12CCN([C@@H]1CCc3ccccc3C1)CC2. The van der Waals surface area contributed by atoms with Gasteiger partial charge in [-0.2, -0.15) is 0 Å². The van der Waals surface area contributed by atoms with E-state index in [9.17, 15) is 9.59 Å². The van der Waals surface area contributed by atoms with Gasteiger partial charge >= 0.3 is 6.03 Å². The number of carbonyl (C=O) groups is 2. The molecule has 3 amide bonds. The van der Waals surface area contributed by atoms with E-state index >= 15 is 0 Å². The van der Waals surface area contributed by atoms with Crippen LogP contribution in [0.15, 0.2) is 48.5 Å². The maximum absolute atomic E-state index is 14.1. The highest BCUT2D eigenvalue weighted by Gasteiger charge is 2.59. The van der Waals surface area contributed by atoms with Crippen molar-refractivity contribution in [2.24, 2.45) is 0 Å². The fourth-order valence-corrected chi connectivity index (χ4v) is 7.01. The molecule has 2 aromatic rings. The van der Waals surface area contributed by atoms with Crippen molar-refractivity contribution < 1.29 is 14.3 Å². The molecule has 6 nitrogen and oxygen atoms in total. The first-order valence-corrected chi connectivity index (χ1v) is 13.1. The standard InChI is InChI=1S/C29H35N3O3/c1-35-17-16-31-28(34)32(26-19-23-8-4-5-9-24(23)20-26)27(33)29(31)12-14-30(15-13-29)25-11-10-21-6-2-3-7-22(21)18-25/h2-9,25-26H,10-20H2,1H3/t25-/m1/s1. The molecule has 0 unspecified atom stereocenters. The molecule has 0 radical (unpaired) electrons. The van der Waals surface area contributed by atoms with Crippen molar-refractivity contribution in [1.29, 1.82) is 0 Å². The number of piperidine rings is 1. The first-order valence-electron chi connectivity index (χ1n) is 13.1. The van der Waals surface area contributed by atoms with Crippen LogP contribution in [0.3, 0.4) is 0 Å². The van der Waals surface area contributed by atoms with Crippen LogP contribution in [0.5, 0.6) is 0 Å². The van der Waals surface area contributed by atoms with E-state index < -0.39 is 5.54 Å². The zero-order valence-corrected chi connectivity index (χ0v) is 20.6. The summed E-state index contributed by atoms with van der Waals surface area (Å²) in [6.45, 7) is 2.62. The first kappa shape index (κ1) is 22.7. The van der Waals surface area contributed by atoms with Crippen molar-refractivity contribution in [2.45, 2.75) is 62.6 Å². The van der Waals surface area contributed by atoms with Crippen LogP contribution >= 0.6 is 0 Å². The van der Waals surface area contributed by atoms with Gasteiger partial charge in [-0.3, -0.25) is 14.6 Å². The Morgan fingerprint density at radius 3 is 2.06 bits per heavy atom. The molecule has 2 heterocycles. The van der Waals surface area contributed by atoms with E-state index in [0.29, 0.717) is 32.0 Å². The topological polar surface area (TPSA) is 53.1 Å². The number of urea groups is 1. The summed E-state index contributed by atoms with van der Waals surface area (Å²) in [4.78, 5) is 33.8. The Kier molecular flexibility index (Phi) is 5.89. The normalized spacial score (nSPS) is 24.3. The van der Waals surface area contributed by atoms with Gasteiger partial charge in [-0.25, -0.2) is 4.79 Å². The number of hydrogen-bond acceptors (Lipinski definition) is 4. The van der Waals surface area contributed by atoms with E-state index in [2.05, 4.69) is 41.3 Å². The van der Waals surface area contributed by atoms with Gasteiger partial charge < -0.3 is 9.64 Å². The smallest absolute Gasteiger partial charge is 0.328 e. The number of hydrogen-bond donors (Lipinski definition) is 0. The molecule has 1 spiro atoms. The molecule has 0 bridgehead atoms. The highest BCUT2D eigenvalue weighted by molar-refractivity contribution is 6.07. The molecule has 0 N–H and O–H groups in total. The van der Waals surface area contributed by atoms with Gasteiger partial charge in [0.15, 0.2) is 0 Å². The van der Waals surface area contributed by atoms with Gasteiger partial charge in [-0.15, -0.1) is 0 Å². The summed E-state index contributed by atoms with van der Waals surface area (Å²) in [5.74, 6) is 0.0186. The average Bonchev–Trinajstić information content (AvgIpc) is 3.40. The lowest BCUT2D eigenvalue weighted by Crippen LogP contribution is -2.59. The molecule has 6 heteroatoms. The minimum absolute atomic E-state index is 0.0186. The van der Waals surface area contributed by atoms with Crippen molar-refractivity contribution in [3.63, 3.8) is 0 Å². The highest BCUT2D eigenvalue weighted by Crippen LogP contribution is 2.41. The first-order chi connectivity index (χ1) is 17.1. The second kappa shape index (κ2) is 9.07. The van der Waals surface area contributed by atoms with Crippen LogP contribution in [0.2, 0.25) is 0 Å². The van der Waals surface area contributed by atoms with Crippen molar-refractivity contribution in [3.8, 4) is 0 Å². The van der Waals surface area contributed by atoms with E-state index in [1.807, 2.05) is 17.0 Å². The Bertz CT molecular complexity index is 1100. The highest BCUT2D eigenvalue weighted by atomic mass is 16.5. The lowest BCUT2D eigenvalue weighted by molar-refractivity contribution is -0.137. The number of rotatable bonds is 5. The number of amides is 3. The van der Waals surface area contributed by atoms with Gasteiger partial charge in [0, 0.05) is 38.8 Å². The molecule has 0 saturated carbocycles. The van der Waals surface area contributed by atoms with Crippen LogP contribution in [0.1, 0.15) is 41.5 Å². The third-order valence-corrected chi connectivity index (χ3v) is 8.95. The van der Waals surface area contributed by atoms with Crippen LogP contribution < -0.4 is 0 Å². The molecule has 2 fully saturated rings. The summed E-state index contributed by atoms with van der Waals surface area (Å²) < 4.78 is 5.35. The molecule has 6 rings (SSSR count). The molecule has 1 atom stereocenters. The van der Waals surface area contributed by atoms with Crippen LogP contribution in [-0.2, 0) is 35.2 Å². The summed E-state index contributed by atoms with van der Waals surface area (Å²) in [5, 5.41) is 0. The lowest BCUT2D eigenvalue weighted by Gasteiger charge is -2.45. The van der Waals surface area contributed by atoms with Crippen molar-refractivity contribution in [3.05, 3.63) is 70.8 Å². The second-order valence-corrected chi connectivity index (χ2v) is 10.7. The minimum Gasteiger partial charge on any atom is -0.383 e. The number of benzene rings is 2. The van der Waals surface area contributed by atoms with E-state index in [1.54, 1.807) is 12.0 Å². The van der Waals surface area contributed by atoms with Crippen LogP contribution in [-0.4, -0.2) is 77.6 Å². The number of methoxy groups -OCH3 is 1. The van der Waals surface area contributed by atoms with Gasteiger partial charge in [0.25, 0.3) is 5.91 Å². The molecule has 184 valence electrons. The summed E-state index contributed by atoms with van der Waals surface area (Å²) >= 11 is 0. The summed E-state index contributed by atoms with van der Waals surface area (Å²) in [5.41, 5.74) is 4.73. The van der Waals surface area contributed by atoms with Crippen molar-refractivity contribution >= 4 is 11.9 Å². The van der Waals surface area contributed by atoms with E-state index in [0.717, 1.165) is 45.2 Å². The molecule has 0 aromatic heterocycles. The molecule has 2 aliphatic heterocycles. The maximum Gasteiger partial charge on any atom is 0.328 e. The Balaban J connectivity index is 1.20. The van der Waals surface area contributed by atoms with E-state index in [4.69, 9.17) is 4.74 Å². The molecule has 2 aliphatic carbocycles.